The van der Waals surface area contributed by atoms with Gasteiger partial charge in [0.1, 0.15) is 0 Å². The molecule has 1 atom stereocenters. The fourth-order valence-electron chi connectivity index (χ4n) is 1.70. The lowest BCUT2D eigenvalue weighted by molar-refractivity contribution is 0.150. The first-order valence-electron chi connectivity index (χ1n) is 5.48. The van der Waals surface area contributed by atoms with E-state index in [9.17, 15) is 5.11 Å². The minimum absolute atomic E-state index is 0.157. The quantitative estimate of drug-likeness (QED) is 0.776. The van der Waals surface area contributed by atoms with Crippen molar-refractivity contribution >= 4 is 0 Å². The van der Waals surface area contributed by atoms with Crippen LogP contribution >= 0.6 is 0 Å². The number of rotatable bonds is 5. The summed E-state index contributed by atoms with van der Waals surface area (Å²) in [6, 6.07) is 6.29. The van der Waals surface area contributed by atoms with E-state index in [-0.39, 0.29) is 12.7 Å². The molecule has 1 aromatic rings. The zero-order chi connectivity index (χ0) is 11.3. The van der Waals surface area contributed by atoms with Gasteiger partial charge >= 0.3 is 0 Å². The monoisotopic (exact) mass is 208 g/mol. The van der Waals surface area contributed by atoms with Gasteiger partial charge in [-0.1, -0.05) is 23.8 Å². The number of aryl methyl sites for hydroxylation is 2. The summed E-state index contributed by atoms with van der Waals surface area (Å²) in [6.07, 6.45) is 1.70. The third-order valence-corrected chi connectivity index (χ3v) is 2.66. The summed E-state index contributed by atoms with van der Waals surface area (Å²) < 4.78 is 0. The molecule has 2 heteroatoms. The molecular formula is C13H20O2. The maximum Gasteiger partial charge on any atom is 0.0581 e. The molecule has 15 heavy (non-hydrogen) atoms. The van der Waals surface area contributed by atoms with Crippen molar-refractivity contribution < 1.29 is 10.2 Å². The predicted octanol–water partition coefficient (Wildman–Crippen LogP) is 1.98. The average Bonchev–Trinajstić information content (AvgIpc) is 2.20. The highest BCUT2D eigenvalue weighted by Crippen LogP contribution is 2.14. The number of aliphatic hydroxyl groups excluding tert-OH is 2. The second-order valence-corrected chi connectivity index (χ2v) is 4.15. The minimum Gasteiger partial charge on any atom is -0.396 e. The highest BCUT2D eigenvalue weighted by molar-refractivity contribution is 5.30. The maximum absolute atomic E-state index is 9.74. The predicted molar refractivity (Wildman–Crippen MR) is 61.9 cm³/mol. The highest BCUT2D eigenvalue weighted by Gasteiger charge is 2.07. The largest absolute Gasteiger partial charge is 0.396 e. The smallest absolute Gasteiger partial charge is 0.0581 e. The van der Waals surface area contributed by atoms with E-state index in [4.69, 9.17) is 5.11 Å². The van der Waals surface area contributed by atoms with Crippen LogP contribution in [0, 0.1) is 13.8 Å². The van der Waals surface area contributed by atoms with Crippen molar-refractivity contribution in [3.05, 3.63) is 34.9 Å². The molecule has 0 fully saturated rings. The normalized spacial score (nSPS) is 12.8. The lowest BCUT2D eigenvalue weighted by Gasteiger charge is -2.12. The number of benzene rings is 1. The Morgan fingerprint density at radius 3 is 2.67 bits per heavy atom. The van der Waals surface area contributed by atoms with Crippen molar-refractivity contribution in [2.75, 3.05) is 6.61 Å². The summed E-state index contributed by atoms with van der Waals surface area (Å²) in [6.45, 7) is 4.28. The fourth-order valence-corrected chi connectivity index (χ4v) is 1.70. The molecule has 0 aliphatic carbocycles. The molecule has 0 spiro atoms. The summed E-state index contributed by atoms with van der Waals surface area (Å²) in [5.74, 6) is 0. The van der Waals surface area contributed by atoms with Crippen LogP contribution in [-0.2, 0) is 6.42 Å². The standard InChI is InChI=1S/C13H20O2/c1-10-5-6-11(2)12(8-10)9-13(15)4-3-7-14/h5-6,8,13-15H,3-4,7,9H2,1-2H3. The first kappa shape index (κ1) is 12.2. The Balaban J connectivity index is 2.59. The molecule has 1 unspecified atom stereocenters. The van der Waals surface area contributed by atoms with Crippen molar-refractivity contribution in [1.29, 1.82) is 0 Å². The lowest BCUT2D eigenvalue weighted by atomic mass is 9.98. The Kier molecular flexibility index (Phi) is 4.79. The molecule has 0 aliphatic rings. The number of hydrogen-bond donors (Lipinski definition) is 2. The van der Waals surface area contributed by atoms with Gasteiger partial charge in [-0.05, 0) is 44.2 Å². The maximum atomic E-state index is 9.74. The minimum atomic E-state index is -0.336. The van der Waals surface area contributed by atoms with Crippen molar-refractivity contribution in [1.82, 2.24) is 0 Å². The first-order chi connectivity index (χ1) is 7.13. The van der Waals surface area contributed by atoms with Crippen LogP contribution in [0.2, 0.25) is 0 Å². The molecule has 84 valence electrons. The van der Waals surface area contributed by atoms with Gasteiger partial charge in [0.25, 0.3) is 0 Å². The molecule has 2 nitrogen and oxygen atoms in total. The van der Waals surface area contributed by atoms with Crippen LogP contribution in [-0.4, -0.2) is 22.9 Å². The van der Waals surface area contributed by atoms with Crippen molar-refractivity contribution in [3.63, 3.8) is 0 Å². The Labute approximate surface area is 91.6 Å². The van der Waals surface area contributed by atoms with Gasteiger partial charge in [-0.15, -0.1) is 0 Å². The molecule has 0 saturated carbocycles. The van der Waals surface area contributed by atoms with Crippen LogP contribution < -0.4 is 0 Å². The van der Waals surface area contributed by atoms with E-state index >= 15 is 0 Å². The molecule has 0 radical (unpaired) electrons. The van der Waals surface area contributed by atoms with Crippen LogP contribution in [0.3, 0.4) is 0 Å². The highest BCUT2D eigenvalue weighted by atomic mass is 16.3. The molecule has 1 aromatic carbocycles. The zero-order valence-corrected chi connectivity index (χ0v) is 9.53. The fraction of sp³-hybridized carbons (Fsp3) is 0.538. The van der Waals surface area contributed by atoms with Crippen molar-refractivity contribution in [2.24, 2.45) is 0 Å². The zero-order valence-electron chi connectivity index (χ0n) is 9.53. The van der Waals surface area contributed by atoms with Gasteiger partial charge in [-0.2, -0.15) is 0 Å². The van der Waals surface area contributed by atoms with E-state index in [1.54, 1.807) is 0 Å². The van der Waals surface area contributed by atoms with Gasteiger partial charge in [-0.25, -0.2) is 0 Å². The van der Waals surface area contributed by atoms with Gasteiger partial charge in [0.2, 0.25) is 0 Å². The van der Waals surface area contributed by atoms with Crippen LogP contribution in [0.4, 0.5) is 0 Å². The molecule has 0 heterocycles. The number of aliphatic hydroxyl groups is 2. The van der Waals surface area contributed by atoms with E-state index in [1.165, 1.54) is 16.7 Å². The summed E-state index contributed by atoms with van der Waals surface area (Å²) in [5.41, 5.74) is 3.66. The molecule has 0 amide bonds. The third kappa shape index (κ3) is 4.02. The van der Waals surface area contributed by atoms with E-state index in [0.717, 1.165) is 0 Å². The molecule has 2 N–H and O–H groups in total. The summed E-state index contributed by atoms with van der Waals surface area (Å²) >= 11 is 0. The second kappa shape index (κ2) is 5.89. The van der Waals surface area contributed by atoms with Crippen LogP contribution in [0.25, 0.3) is 0 Å². The Morgan fingerprint density at radius 1 is 1.27 bits per heavy atom. The van der Waals surface area contributed by atoms with E-state index in [2.05, 4.69) is 32.0 Å². The Hall–Kier alpha value is -0.860. The molecule has 1 rings (SSSR count). The lowest BCUT2D eigenvalue weighted by Crippen LogP contribution is -2.12. The average molecular weight is 208 g/mol. The van der Waals surface area contributed by atoms with Crippen LogP contribution in [0.5, 0.6) is 0 Å². The topological polar surface area (TPSA) is 40.5 Å². The van der Waals surface area contributed by atoms with E-state index in [0.29, 0.717) is 19.3 Å². The van der Waals surface area contributed by atoms with Gasteiger partial charge in [0.05, 0.1) is 6.10 Å². The van der Waals surface area contributed by atoms with Crippen LogP contribution in [0.1, 0.15) is 29.5 Å². The third-order valence-electron chi connectivity index (χ3n) is 2.66. The molecule has 0 saturated heterocycles. The number of hydrogen-bond acceptors (Lipinski definition) is 2. The van der Waals surface area contributed by atoms with Crippen molar-refractivity contribution in [3.8, 4) is 0 Å². The molecule has 0 bridgehead atoms. The van der Waals surface area contributed by atoms with Gasteiger partial charge < -0.3 is 10.2 Å². The van der Waals surface area contributed by atoms with Gasteiger partial charge in [0.15, 0.2) is 0 Å². The Bertz CT molecular complexity index is 307. The molecule has 0 aliphatic heterocycles. The summed E-state index contributed by atoms with van der Waals surface area (Å²) in [5, 5.41) is 18.4. The van der Waals surface area contributed by atoms with Crippen LogP contribution in [0.15, 0.2) is 18.2 Å². The summed E-state index contributed by atoms with van der Waals surface area (Å²) in [4.78, 5) is 0. The Morgan fingerprint density at radius 2 is 2.00 bits per heavy atom. The molecule has 0 aromatic heterocycles. The van der Waals surface area contributed by atoms with Crippen molar-refractivity contribution in [2.45, 2.75) is 39.2 Å². The summed E-state index contributed by atoms with van der Waals surface area (Å²) in [7, 11) is 0. The van der Waals surface area contributed by atoms with E-state index < -0.39 is 0 Å². The SMILES string of the molecule is Cc1ccc(C)c(CC(O)CCCO)c1. The van der Waals surface area contributed by atoms with Gasteiger partial charge in [0, 0.05) is 6.61 Å². The molecular weight excluding hydrogens is 188 g/mol. The van der Waals surface area contributed by atoms with E-state index in [1.807, 2.05) is 0 Å². The van der Waals surface area contributed by atoms with Gasteiger partial charge in [-0.3, -0.25) is 0 Å². The first-order valence-corrected chi connectivity index (χ1v) is 5.48. The second-order valence-electron chi connectivity index (χ2n) is 4.15.